The lowest BCUT2D eigenvalue weighted by atomic mass is 10.0. The van der Waals surface area contributed by atoms with Gasteiger partial charge in [-0.15, -0.1) is 0 Å². The topological polar surface area (TPSA) is 46.6 Å². The van der Waals surface area contributed by atoms with Crippen LogP contribution in [0.3, 0.4) is 0 Å². The molecule has 1 atom stereocenters. The van der Waals surface area contributed by atoms with Gasteiger partial charge in [-0.1, -0.05) is 42.5 Å². The maximum absolute atomic E-state index is 12.9. The highest BCUT2D eigenvalue weighted by molar-refractivity contribution is 7.89. The monoisotopic (exact) mass is 331 g/mol. The molecule has 0 saturated carbocycles. The predicted octanol–water partition coefficient (Wildman–Crippen LogP) is 3.07. The van der Waals surface area contributed by atoms with Crippen molar-refractivity contribution in [2.75, 3.05) is 19.7 Å². The van der Waals surface area contributed by atoms with Gasteiger partial charge in [-0.25, -0.2) is 8.42 Å². The molecule has 1 aliphatic rings. The molecule has 0 amide bonds. The van der Waals surface area contributed by atoms with Crippen LogP contribution in [0.2, 0.25) is 0 Å². The zero-order chi connectivity index (χ0) is 16.4. The van der Waals surface area contributed by atoms with Crippen LogP contribution in [-0.2, 0) is 14.8 Å². The van der Waals surface area contributed by atoms with Crippen LogP contribution in [0.1, 0.15) is 22.8 Å². The van der Waals surface area contributed by atoms with Crippen LogP contribution in [0.4, 0.5) is 0 Å². The van der Waals surface area contributed by atoms with Gasteiger partial charge in [0.25, 0.3) is 0 Å². The number of hydrogen-bond acceptors (Lipinski definition) is 3. The van der Waals surface area contributed by atoms with Gasteiger partial charge >= 0.3 is 0 Å². The van der Waals surface area contributed by atoms with E-state index in [2.05, 4.69) is 0 Å². The van der Waals surface area contributed by atoms with Crippen LogP contribution in [0.25, 0.3) is 0 Å². The van der Waals surface area contributed by atoms with Crippen molar-refractivity contribution in [3.63, 3.8) is 0 Å². The Labute approximate surface area is 137 Å². The molecule has 23 heavy (non-hydrogen) atoms. The number of ether oxygens (including phenoxy) is 1. The molecule has 0 bridgehead atoms. The summed E-state index contributed by atoms with van der Waals surface area (Å²) < 4.78 is 33.2. The molecule has 1 unspecified atom stereocenters. The molecule has 1 aliphatic heterocycles. The fourth-order valence-corrected chi connectivity index (χ4v) is 4.62. The minimum atomic E-state index is -3.49. The lowest BCUT2D eigenvalue weighted by Gasteiger charge is -2.33. The van der Waals surface area contributed by atoms with E-state index in [1.807, 2.05) is 50.2 Å². The smallest absolute Gasteiger partial charge is 0.243 e. The molecule has 122 valence electrons. The second-order valence-corrected chi connectivity index (χ2v) is 7.75. The van der Waals surface area contributed by atoms with Gasteiger partial charge in [-0.05, 0) is 36.6 Å². The van der Waals surface area contributed by atoms with E-state index in [9.17, 15) is 8.42 Å². The predicted molar refractivity (Wildman–Crippen MR) is 89.8 cm³/mol. The van der Waals surface area contributed by atoms with E-state index in [0.717, 1.165) is 16.7 Å². The average Bonchev–Trinajstić information content (AvgIpc) is 2.55. The Hall–Kier alpha value is -1.69. The third kappa shape index (κ3) is 3.17. The minimum absolute atomic E-state index is 0.219. The molecule has 1 fully saturated rings. The summed E-state index contributed by atoms with van der Waals surface area (Å²) in [6.45, 7) is 4.99. The van der Waals surface area contributed by atoms with Crippen LogP contribution >= 0.6 is 0 Å². The van der Waals surface area contributed by atoms with Crippen LogP contribution in [0.5, 0.6) is 0 Å². The molecule has 0 aromatic heterocycles. The highest BCUT2D eigenvalue weighted by Crippen LogP contribution is 2.29. The molecule has 0 aliphatic carbocycles. The molecule has 2 aromatic rings. The Balaban J connectivity index is 1.90. The first-order valence-corrected chi connectivity index (χ1v) is 9.17. The van der Waals surface area contributed by atoms with Crippen molar-refractivity contribution in [1.29, 1.82) is 0 Å². The van der Waals surface area contributed by atoms with Crippen molar-refractivity contribution in [3.8, 4) is 0 Å². The molecular weight excluding hydrogens is 310 g/mol. The second kappa shape index (κ2) is 6.43. The third-order valence-corrected chi connectivity index (χ3v) is 6.30. The van der Waals surface area contributed by atoms with E-state index in [0.29, 0.717) is 24.6 Å². The first kappa shape index (κ1) is 16.2. The van der Waals surface area contributed by atoms with Gasteiger partial charge in [-0.3, -0.25) is 0 Å². The number of hydrogen-bond donors (Lipinski definition) is 0. The summed E-state index contributed by atoms with van der Waals surface area (Å²) in [5.74, 6) is 0. The molecule has 1 heterocycles. The Morgan fingerprint density at radius 3 is 2.35 bits per heavy atom. The van der Waals surface area contributed by atoms with E-state index in [1.54, 1.807) is 12.1 Å². The number of sulfonamides is 1. The summed E-state index contributed by atoms with van der Waals surface area (Å²) in [6.07, 6.45) is -0.219. The highest BCUT2D eigenvalue weighted by atomic mass is 32.2. The molecule has 0 spiro atoms. The fraction of sp³-hybridized carbons (Fsp3) is 0.333. The zero-order valence-electron chi connectivity index (χ0n) is 13.4. The number of rotatable bonds is 3. The Kier molecular flexibility index (Phi) is 4.53. The summed E-state index contributed by atoms with van der Waals surface area (Å²) in [5, 5.41) is 0. The molecule has 5 heteroatoms. The van der Waals surface area contributed by atoms with Crippen molar-refractivity contribution in [3.05, 3.63) is 65.2 Å². The lowest BCUT2D eigenvalue weighted by Crippen LogP contribution is -2.42. The first-order valence-electron chi connectivity index (χ1n) is 7.73. The molecule has 0 N–H and O–H groups in total. The van der Waals surface area contributed by atoms with E-state index >= 15 is 0 Å². The molecular formula is C18H21NO3S. The molecule has 2 aromatic carbocycles. The van der Waals surface area contributed by atoms with E-state index in [1.165, 1.54) is 4.31 Å². The maximum atomic E-state index is 12.9. The standard InChI is InChI=1S/C18H21NO3S/c1-14-7-3-5-9-16(14)17-13-19(11-12-22-17)23(20,21)18-10-6-4-8-15(18)2/h3-10,17H,11-13H2,1-2H3. The van der Waals surface area contributed by atoms with Crippen molar-refractivity contribution >= 4 is 10.0 Å². The van der Waals surface area contributed by atoms with Gasteiger partial charge in [0.15, 0.2) is 0 Å². The first-order chi connectivity index (χ1) is 11.0. The van der Waals surface area contributed by atoms with Gasteiger partial charge in [0.2, 0.25) is 10.0 Å². The summed E-state index contributed by atoms with van der Waals surface area (Å²) >= 11 is 0. The summed E-state index contributed by atoms with van der Waals surface area (Å²) in [5.41, 5.74) is 2.94. The van der Waals surface area contributed by atoms with Crippen LogP contribution in [0.15, 0.2) is 53.4 Å². The SMILES string of the molecule is Cc1ccccc1C1CN(S(=O)(=O)c2ccccc2C)CCO1. The number of aryl methyl sites for hydroxylation is 2. The van der Waals surface area contributed by atoms with Gasteiger partial charge in [-0.2, -0.15) is 4.31 Å². The van der Waals surface area contributed by atoms with Crippen molar-refractivity contribution < 1.29 is 13.2 Å². The fourth-order valence-electron chi connectivity index (χ4n) is 2.97. The maximum Gasteiger partial charge on any atom is 0.243 e. The minimum Gasteiger partial charge on any atom is -0.371 e. The largest absolute Gasteiger partial charge is 0.371 e. The van der Waals surface area contributed by atoms with Crippen LogP contribution in [-0.4, -0.2) is 32.4 Å². The quantitative estimate of drug-likeness (QED) is 0.868. The summed E-state index contributed by atoms with van der Waals surface area (Å²) in [4.78, 5) is 0.380. The van der Waals surface area contributed by atoms with E-state index in [4.69, 9.17) is 4.74 Å². The lowest BCUT2D eigenvalue weighted by molar-refractivity contribution is -0.00289. The molecule has 0 radical (unpaired) electrons. The average molecular weight is 331 g/mol. The molecule has 4 nitrogen and oxygen atoms in total. The van der Waals surface area contributed by atoms with Gasteiger partial charge in [0.1, 0.15) is 0 Å². The normalized spacial score (nSPS) is 19.7. The zero-order valence-corrected chi connectivity index (χ0v) is 14.2. The summed E-state index contributed by atoms with van der Waals surface area (Å²) in [6, 6.07) is 15.1. The van der Waals surface area contributed by atoms with E-state index < -0.39 is 10.0 Å². The molecule has 1 saturated heterocycles. The van der Waals surface area contributed by atoms with Crippen LogP contribution < -0.4 is 0 Å². The Morgan fingerprint density at radius 1 is 1.00 bits per heavy atom. The van der Waals surface area contributed by atoms with Gasteiger partial charge in [0.05, 0.1) is 17.6 Å². The second-order valence-electron chi connectivity index (χ2n) is 5.84. The highest BCUT2D eigenvalue weighted by Gasteiger charge is 2.32. The Bertz CT molecular complexity index is 801. The van der Waals surface area contributed by atoms with Gasteiger partial charge < -0.3 is 4.74 Å². The number of nitrogens with zero attached hydrogens (tertiary/aromatic N) is 1. The molecule has 3 rings (SSSR count). The van der Waals surface area contributed by atoms with Crippen molar-refractivity contribution in [1.82, 2.24) is 4.31 Å². The van der Waals surface area contributed by atoms with Crippen molar-refractivity contribution in [2.24, 2.45) is 0 Å². The third-order valence-electron chi connectivity index (χ3n) is 4.28. The number of benzene rings is 2. The van der Waals surface area contributed by atoms with Crippen LogP contribution in [0, 0.1) is 13.8 Å². The summed E-state index contributed by atoms with van der Waals surface area (Å²) in [7, 11) is -3.49. The van der Waals surface area contributed by atoms with Crippen molar-refractivity contribution in [2.45, 2.75) is 24.8 Å². The number of morpholine rings is 1. The van der Waals surface area contributed by atoms with E-state index in [-0.39, 0.29) is 6.10 Å². The Morgan fingerprint density at radius 2 is 1.65 bits per heavy atom. The van der Waals surface area contributed by atoms with Gasteiger partial charge in [0, 0.05) is 13.1 Å².